The summed E-state index contributed by atoms with van der Waals surface area (Å²) < 4.78 is 8.43. The van der Waals surface area contributed by atoms with E-state index in [1.54, 1.807) is 11.3 Å². The maximum absolute atomic E-state index is 12.9. The second kappa shape index (κ2) is 17.3. The van der Waals surface area contributed by atoms with E-state index in [0.29, 0.717) is 6.42 Å². The van der Waals surface area contributed by atoms with Gasteiger partial charge < -0.3 is 10.1 Å². The van der Waals surface area contributed by atoms with Crippen LogP contribution in [0.15, 0.2) is 54.0 Å². The summed E-state index contributed by atoms with van der Waals surface area (Å²) in [5.41, 5.74) is 4.11. The van der Waals surface area contributed by atoms with Gasteiger partial charge in [0, 0.05) is 5.69 Å². The SMILES string of the molecule is CCCCCCCCCCCCCCOc1cc(CC(=O)Nc2ccc(-c3scc[n+]3C)cc2)ccc1C(C)(C)C. The Bertz CT molecular complexity index is 1180. The van der Waals surface area contributed by atoms with E-state index in [0.717, 1.165) is 35.6 Å². The lowest BCUT2D eigenvalue weighted by atomic mass is 9.85. The molecular formula is C36H53N2O2S+. The molecule has 0 aliphatic rings. The van der Waals surface area contributed by atoms with Crippen molar-refractivity contribution >= 4 is 22.9 Å². The number of benzene rings is 2. The van der Waals surface area contributed by atoms with Gasteiger partial charge in [0.15, 0.2) is 6.20 Å². The maximum Gasteiger partial charge on any atom is 0.268 e. The summed E-state index contributed by atoms with van der Waals surface area (Å²) in [5, 5.41) is 6.32. The average Bonchev–Trinajstić information content (AvgIpc) is 3.37. The number of rotatable bonds is 18. The molecule has 4 nitrogen and oxygen atoms in total. The molecule has 0 fully saturated rings. The van der Waals surface area contributed by atoms with Crippen LogP contribution < -0.4 is 14.6 Å². The number of aryl methyl sites for hydroxylation is 1. The Morgan fingerprint density at radius 1 is 0.854 bits per heavy atom. The standard InChI is InChI=1S/C36H52N2O2S/c1-6-7-8-9-10-11-12-13-14-15-16-17-25-40-33-27-29(18-23-32(33)36(2,3)4)28-34(39)37-31-21-19-30(20-22-31)35-38(5)24-26-41-35/h18-24,26-27H,6-17,25,28H2,1-5H3/p+1. The molecule has 2 aromatic carbocycles. The lowest BCUT2D eigenvalue weighted by molar-refractivity contribution is -0.655. The average molecular weight is 578 g/mol. The molecule has 224 valence electrons. The van der Waals surface area contributed by atoms with Crippen LogP contribution in [0, 0.1) is 0 Å². The number of unbranched alkanes of at least 4 members (excludes halogenated alkanes) is 11. The molecule has 0 bridgehead atoms. The summed E-state index contributed by atoms with van der Waals surface area (Å²) in [6.07, 6.45) is 18.4. The third-order valence-electron chi connectivity index (χ3n) is 7.67. The highest BCUT2D eigenvalue weighted by molar-refractivity contribution is 7.12. The topological polar surface area (TPSA) is 42.2 Å². The Hall–Kier alpha value is -2.66. The lowest BCUT2D eigenvalue weighted by Gasteiger charge is -2.23. The summed E-state index contributed by atoms with van der Waals surface area (Å²) >= 11 is 1.71. The molecule has 0 atom stereocenters. The van der Waals surface area contributed by atoms with Crippen molar-refractivity contribution in [1.82, 2.24) is 0 Å². The molecule has 0 aliphatic heterocycles. The Kier molecular flexibility index (Phi) is 13.9. The van der Waals surface area contributed by atoms with E-state index in [4.69, 9.17) is 4.74 Å². The van der Waals surface area contributed by atoms with Crippen LogP contribution in [0.4, 0.5) is 5.69 Å². The molecule has 41 heavy (non-hydrogen) atoms. The van der Waals surface area contributed by atoms with Crippen molar-refractivity contribution in [3.8, 4) is 16.3 Å². The number of anilines is 1. The number of hydrogen-bond acceptors (Lipinski definition) is 3. The molecule has 0 spiro atoms. The molecule has 1 aromatic heterocycles. The monoisotopic (exact) mass is 577 g/mol. The van der Waals surface area contributed by atoms with Crippen molar-refractivity contribution in [3.63, 3.8) is 0 Å². The summed E-state index contributed by atoms with van der Waals surface area (Å²) in [6, 6.07) is 14.3. The predicted molar refractivity (Wildman–Crippen MR) is 175 cm³/mol. The normalized spacial score (nSPS) is 11.5. The predicted octanol–water partition coefficient (Wildman–Crippen LogP) is 9.80. The van der Waals surface area contributed by atoms with E-state index in [1.165, 1.54) is 81.2 Å². The number of carbonyl (C=O) groups is 1. The third kappa shape index (κ3) is 11.6. The zero-order valence-corrected chi connectivity index (χ0v) is 27.1. The van der Waals surface area contributed by atoms with Crippen LogP contribution in [0.25, 0.3) is 10.6 Å². The molecule has 5 heteroatoms. The van der Waals surface area contributed by atoms with Gasteiger partial charge >= 0.3 is 0 Å². The van der Waals surface area contributed by atoms with E-state index < -0.39 is 0 Å². The molecular weight excluding hydrogens is 524 g/mol. The van der Waals surface area contributed by atoms with E-state index in [1.807, 2.05) is 19.2 Å². The Balaban J connectivity index is 1.43. The Morgan fingerprint density at radius 3 is 2.02 bits per heavy atom. The highest BCUT2D eigenvalue weighted by Crippen LogP contribution is 2.33. The van der Waals surface area contributed by atoms with Gasteiger partial charge in [0.25, 0.3) is 5.01 Å². The first-order valence-electron chi connectivity index (χ1n) is 15.9. The number of ether oxygens (including phenoxy) is 1. The lowest BCUT2D eigenvalue weighted by Crippen LogP contribution is -2.26. The van der Waals surface area contributed by atoms with Crippen molar-refractivity contribution in [1.29, 1.82) is 0 Å². The number of carbonyl (C=O) groups excluding carboxylic acids is 1. The van der Waals surface area contributed by atoms with E-state index in [-0.39, 0.29) is 11.3 Å². The van der Waals surface area contributed by atoms with Gasteiger partial charge in [0.2, 0.25) is 5.91 Å². The van der Waals surface area contributed by atoms with Crippen LogP contribution in [0.5, 0.6) is 5.75 Å². The first-order valence-corrected chi connectivity index (χ1v) is 16.8. The number of thiazole rings is 1. The summed E-state index contributed by atoms with van der Waals surface area (Å²) in [6.45, 7) is 9.65. The Labute approximate surface area is 253 Å². The second-order valence-corrected chi connectivity index (χ2v) is 13.3. The van der Waals surface area contributed by atoms with E-state index >= 15 is 0 Å². The summed E-state index contributed by atoms with van der Waals surface area (Å²) in [5.74, 6) is 0.897. The zero-order chi connectivity index (χ0) is 29.5. The van der Waals surface area contributed by atoms with Gasteiger partial charge in [-0.1, -0.05) is 122 Å². The van der Waals surface area contributed by atoms with Crippen LogP contribution in [0.1, 0.15) is 116 Å². The second-order valence-electron chi connectivity index (χ2n) is 12.4. The molecule has 1 N–H and O–H groups in total. The highest BCUT2D eigenvalue weighted by atomic mass is 32.1. The molecule has 0 saturated heterocycles. The first kappa shape index (κ1) is 32.8. The molecule has 3 rings (SSSR count). The largest absolute Gasteiger partial charge is 0.493 e. The van der Waals surface area contributed by atoms with Crippen LogP contribution in [0.3, 0.4) is 0 Å². The molecule has 1 amide bonds. The van der Waals surface area contributed by atoms with Gasteiger partial charge in [-0.3, -0.25) is 4.79 Å². The van der Waals surface area contributed by atoms with Crippen LogP contribution >= 0.6 is 11.3 Å². The summed E-state index contributed by atoms with van der Waals surface area (Å²) in [7, 11) is 2.04. The molecule has 0 aliphatic carbocycles. The number of hydrogen-bond donors (Lipinski definition) is 1. The van der Waals surface area contributed by atoms with Crippen molar-refractivity contribution in [3.05, 3.63) is 65.2 Å². The minimum Gasteiger partial charge on any atom is -0.493 e. The van der Waals surface area contributed by atoms with Crippen LogP contribution in [-0.4, -0.2) is 12.5 Å². The number of aromatic nitrogens is 1. The zero-order valence-electron chi connectivity index (χ0n) is 26.3. The number of nitrogens with zero attached hydrogens (tertiary/aromatic N) is 1. The van der Waals surface area contributed by atoms with Gasteiger partial charge in [-0.25, -0.2) is 0 Å². The van der Waals surface area contributed by atoms with Crippen molar-refractivity contribution in [2.24, 2.45) is 7.05 Å². The van der Waals surface area contributed by atoms with Gasteiger partial charge in [-0.05, 0) is 53.3 Å². The summed E-state index contributed by atoms with van der Waals surface area (Å²) in [4.78, 5) is 12.9. The number of amides is 1. The molecule has 3 aromatic rings. The Morgan fingerprint density at radius 2 is 1.46 bits per heavy atom. The van der Waals surface area contributed by atoms with Crippen LogP contribution in [0.2, 0.25) is 0 Å². The highest BCUT2D eigenvalue weighted by Gasteiger charge is 2.20. The number of nitrogens with one attached hydrogen (secondary N) is 1. The van der Waals surface area contributed by atoms with Crippen LogP contribution in [-0.2, 0) is 23.7 Å². The van der Waals surface area contributed by atoms with Crippen molar-refractivity contribution in [2.75, 3.05) is 11.9 Å². The van der Waals surface area contributed by atoms with E-state index in [2.05, 4.69) is 79.5 Å². The maximum atomic E-state index is 12.9. The smallest absolute Gasteiger partial charge is 0.268 e. The fourth-order valence-corrected chi connectivity index (χ4v) is 6.11. The molecule has 0 unspecified atom stereocenters. The van der Waals surface area contributed by atoms with Crippen molar-refractivity contribution in [2.45, 2.75) is 117 Å². The van der Waals surface area contributed by atoms with Gasteiger partial charge in [0.1, 0.15) is 12.8 Å². The van der Waals surface area contributed by atoms with Gasteiger partial charge in [-0.2, -0.15) is 4.57 Å². The van der Waals surface area contributed by atoms with E-state index in [9.17, 15) is 4.79 Å². The fourth-order valence-electron chi connectivity index (χ4n) is 5.24. The third-order valence-corrected chi connectivity index (χ3v) is 8.68. The van der Waals surface area contributed by atoms with Crippen molar-refractivity contribution < 1.29 is 14.1 Å². The minimum absolute atomic E-state index is 0.0187. The molecule has 0 saturated carbocycles. The quantitative estimate of drug-likeness (QED) is 0.121. The molecule has 1 heterocycles. The fraction of sp³-hybridized carbons (Fsp3) is 0.556. The van der Waals surface area contributed by atoms with Gasteiger partial charge in [0.05, 0.1) is 24.0 Å². The first-order chi connectivity index (χ1) is 19.8. The van der Waals surface area contributed by atoms with Gasteiger partial charge in [-0.15, -0.1) is 0 Å². The minimum atomic E-state index is -0.0202. The molecule has 0 radical (unpaired) electrons.